The molecule has 4 rings (SSSR count). The Morgan fingerprint density at radius 2 is 1.75 bits per heavy atom. The molecule has 4 aromatic rings. The Bertz CT molecular complexity index is 1170. The summed E-state index contributed by atoms with van der Waals surface area (Å²) in [6.07, 6.45) is 0. The van der Waals surface area contributed by atoms with Crippen molar-refractivity contribution in [2.45, 2.75) is 6.92 Å². The van der Waals surface area contributed by atoms with Crippen LogP contribution < -0.4 is 0 Å². The molecule has 0 radical (unpaired) electrons. The van der Waals surface area contributed by atoms with E-state index in [4.69, 9.17) is 27.9 Å². The highest BCUT2D eigenvalue weighted by Crippen LogP contribution is 2.34. The van der Waals surface area contributed by atoms with E-state index in [0.29, 0.717) is 22.2 Å². The third-order valence-electron chi connectivity index (χ3n) is 4.48. The fourth-order valence-electron chi connectivity index (χ4n) is 3.10. The first-order valence-electron chi connectivity index (χ1n) is 8.78. The van der Waals surface area contributed by atoms with Crippen molar-refractivity contribution in [1.82, 2.24) is 10.2 Å². The molecular formula is C22H16Cl2N2O2. The molecule has 0 aliphatic heterocycles. The fraction of sp³-hybridized carbons (Fsp3) is 0.0909. The Balaban J connectivity index is 1.69. The Morgan fingerprint density at radius 1 is 1.00 bits per heavy atom. The van der Waals surface area contributed by atoms with Gasteiger partial charge in [-0.05, 0) is 60.5 Å². The van der Waals surface area contributed by atoms with Crippen molar-refractivity contribution in [3.05, 3.63) is 76.3 Å². The van der Waals surface area contributed by atoms with E-state index in [1.807, 2.05) is 36.4 Å². The highest BCUT2D eigenvalue weighted by atomic mass is 35.5. The molecule has 0 saturated carbocycles. The van der Waals surface area contributed by atoms with Crippen LogP contribution in [0.3, 0.4) is 0 Å². The summed E-state index contributed by atoms with van der Waals surface area (Å²) >= 11 is 12.3. The molecule has 0 atom stereocenters. The van der Waals surface area contributed by atoms with Crippen molar-refractivity contribution >= 4 is 40.1 Å². The van der Waals surface area contributed by atoms with Crippen molar-refractivity contribution in [2.75, 3.05) is 6.61 Å². The Morgan fingerprint density at radius 3 is 2.46 bits per heavy atom. The number of carbonyl (C=O) groups excluding carboxylic acids is 1. The second-order valence-electron chi connectivity index (χ2n) is 6.25. The second kappa shape index (κ2) is 7.66. The zero-order chi connectivity index (χ0) is 19.7. The number of halogens is 2. The summed E-state index contributed by atoms with van der Waals surface area (Å²) in [6, 6.07) is 18.8. The van der Waals surface area contributed by atoms with Gasteiger partial charge in [-0.15, -0.1) is 0 Å². The average Bonchev–Trinajstić information content (AvgIpc) is 3.11. The minimum absolute atomic E-state index is 0.317. The standard InChI is InChI=1S/C22H16Cl2N2O2/c1-2-28-22(27)14-5-3-13(4-6-14)15-7-9-18-20(11-15)25-26-21(18)17-10-8-16(23)12-19(17)24/h3-12H,2H2,1H3,(H,25,26). The van der Waals surface area contributed by atoms with Gasteiger partial charge in [-0.25, -0.2) is 4.79 Å². The molecule has 1 aromatic heterocycles. The van der Waals surface area contributed by atoms with Crippen molar-refractivity contribution < 1.29 is 9.53 Å². The van der Waals surface area contributed by atoms with Crippen LogP contribution in [0.15, 0.2) is 60.7 Å². The Kier molecular flexibility index (Phi) is 5.07. The van der Waals surface area contributed by atoms with Crippen molar-refractivity contribution in [3.63, 3.8) is 0 Å². The minimum atomic E-state index is -0.317. The smallest absolute Gasteiger partial charge is 0.338 e. The van der Waals surface area contributed by atoms with Gasteiger partial charge in [0.25, 0.3) is 0 Å². The van der Waals surface area contributed by atoms with Crippen LogP contribution >= 0.6 is 23.2 Å². The van der Waals surface area contributed by atoms with E-state index >= 15 is 0 Å². The molecule has 1 N–H and O–H groups in total. The maximum atomic E-state index is 11.8. The van der Waals surface area contributed by atoms with Crippen LogP contribution in [0.25, 0.3) is 33.3 Å². The SMILES string of the molecule is CCOC(=O)c1ccc(-c2ccc3c(-c4ccc(Cl)cc4Cl)n[nH]c3c2)cc1. The monoisotopic (exact) mass is 410 g/mol. The molecule has 0 fully saturated rings. The van der Waals surface area contributed by atoms with Gasteiger partial charge < -0.3 is 4.74 Å². The molecule has 0 aliphatic carbocycles. The third-order valence-corrected chi connectivity index (χ3v) is 5.03. The van der Waals surface area contributed by atoms with Crippen LogP contribution in [0.2, 0.25) is 10.0 Å². The number of aromatic nitrogens is 2. The summed E-state index contributed by atoms with van der Waals surface area (Å²) in [7, 11) is 0. The third kappa shape index (κ3) is 3.49. The highest BCUT2D eigenvalue weighted by Gasteiger charge is 2.13. The largest absolute Gasteiger partial charge is 0.462 e. The highest BCUT2D eigenvalue weighted by molar-refractivity contribution is 6.36. The summed E-state index contributed by atoms with van der Waals surface area (Å²) in [6.45, 7) is 2.15. The molecule has 140 valence electrons. The van der Waals surface area contributed by atoms with E-state index in [2.05, 4.69) is 10.2 Å². The summed E-state index contributed by atoms with van der Waals surface area (Å²) in [5, 5.41) is 9.61. The van der Waals surface area contributed by atoms with Crippen LogP contribution in [0.4, 0.5) is 0 Å². The number of benzene rings is 3. The van der Waals surface area contributed by atoms with Gasteiger partial charge in [0.2, 0.25) is 0 Å². The van der Waals surface area contributed by atoms with Gasteiger partial charge in [0, 0.05) is 16.0 Å². The van der Waals surface area contributed by atoms with E-state index in [0.717, 1.165) is 33.3 Å². The molecule has 0 aliphatic rings. The molecule has 0 spiro atoms. The number of nitrogens with zero attached hydrogens (tertiary/aromatic N) is 1. The quantitative estimate of drug-likeness (QED) is 0.397. The second-order valence-corrected chi connectivity index (χ2v) is 7.10. The lowest BCUT2D eigenvalue weighted by Gasteiger charge is -2.05. The van der Waals surface area contributed by atoms with Gasteiger partial charge >= 0.3 is 5.97 Å². The lowest BCUT2D eigenvalue weighted by atomic mass is 10.0. The van der Waals surface area contributed by atoms with Crippen LogP contribution in [0.5, 0.6) is 0 Å². The van der Waals surface area contributed by atoms with Gasteiger partial charge in [-0.1, -0.05) is 41.4 Å². The Hall–Kier alpha value is -2.82. The van der Waals surface area contributed by atoms with E-state index in [-0.39, 0.29) is 5.97 Å². The zero-order valence-electron chi connectivity index (χ0n) is 15.0. The predicted molar refractivity (Wildman–Crippen MR) is 113 cm³/mol. The number of ether oxygens (including phenoxy) is 1. The fourth-order valence-corrected chi connectivity index (χ4v) is 3.60. The summed E-state index contributed by atoms with van der Waals surface area (Å²) in [5.41, 5.74) is 5.04. The van der Waals surface area contributed by atoms with Crippen LogP contribution in [0, 0.1) is 0 Å². The summed E-state index contributed by atoms with van der Waals surface area (Å²) < 4.78 is 5.02. The van der Waals surface area contributed by atoms with Gasteiger partial charge in [-0.2, -0.15) is 5.10 Å². The first kappa shape index (κ1) is 18.5. The van der Waals surface area contributed by atoms with Gasteiger partial charge in [0.15, 0.2) is 0 Å². The summed E-state index contributed by atoms with van der Waals surface area (Å²) in [5.74, 6) is -0.317. The predicted octanol–water partition coefficient (Wildman–Crippen LogP) is 6.38. The van der Waals surface area contributed by atoms with E-state index in [1.165, 1.54) is 0 Å². The Labute approximate surface area is 172 Å². The number of aromatic amines is 1. The topological polar surface area (TPSA) is 55.0 Å². The van der Waals surface area contributed by atoms with Crippen molar-refractivity contribution in [1.29, 1.82) is 0 Å². The average molecular weight is 411 g/mol. The van der Waals surface area contributed by atoms with E-state index in [1.54, 1.807) is 31.2 Å². The van der Waals surface area contributed by atoms with Crippen LogP contribution in [0.1, 0.15) is 17.3 Å². The van der Waals surface area contributed by atoms with E-state index in [9.17, 15) is 4.79 Å². The lowest BCUT2D eigenvalue weighted by Crippen LogP contribution is -2.03. The number of carbonyl (C=O) groups is 1. The van der Waals surface area contributed by atoms with Gasteiger partial charge in [0.05, 0.1) is 22.7 Å². The van der Waals surface area contributed by atoms with Crippen LogP contribution in [-0.2, 0) is 4.74 Å². The number of fused-ring (bicyclic) bond motifs is 1. The molecule has 0 amide bonds. The molecule has 6 heteroatoms. The maximum Gasteiger partial charge on any atom is 0.338 e. The number of hydrogen-bond donors (Lipinski definition) is 1. The maximum absolute atomic E-state index is 11.8. The summed E-state index contributed by atoms with van der Waals surface area (Å²) in [4.78, 5) is 11.8. The van der Waals surface area contributed by atoms with E-state index < -0.39 is 0 Å². The molecular weight excluding hydrogens is 395 g/mol. The first-order chi connectivity index (χ1) is 13.6. The van der Waals surface area contributed by atoms with Crippen LogP contribution in [-0.4, -0.2) is 22.8 Å². The molecule has 0 unspecified atom stereocenters. The van der Waals surface area contributed by atoms with Gasteiger partial charge in [0.1, 0.15) is 5.69 Å². The number of H-pyrrole nitrogens is 1. The molecule has 28 heavy (non-hydrogen) atoms. The first-order valence-corrected chi connectivity index (χ1v) is 9.53. The zero-order valence-corrected chi connectivity index (χ0v) is 16.5. The van der Waals surface area contributed by atoms with Gasteiger partial charge in [-0.3, -0.25) is 5.10 Å². The number of rotatable bonds is 4. The minimum Gasteiger partial charge on any atom is -0.462 e. The molecule has 0 saturated heterocycles. The number of nitrogens with one attached hydrogen (secondary N) is 1. The molecule has 3 aromatic carbocycles. The lowest BCUT2D eigenvalue weighted by molar-refractivity contribution is 0.0526. The molecule has 0 bridgehead atoms. The molecule has 4 nitrogen and oxygen atoms in total. The van der Waals surface area contributed by atoms with Crippen molar-refractivity contribution in [2.24, 2.45) is 0 Å². The number of esters is 1. The number of hydrogen-bond acceptors (Lipinski definition) is 3. The van der Waals surface area contributed by atoms with Crippen molar-refractivity contribution in [3.8, 4) is 22.4 Å². The molecule has 1 heterocycles. The normalized spacial score (nSPS) is 11.0.